The largest absolute Gasteiger partial charge is 0.494 e. The third-order valence-electron chi connectivity index (χ3n) is 5.15. The van der Waals surface area contributed by atoms with Crippen molar-refractivity contribution in [2.75, 3.05) is 56.9 Å². The molecule has 0 fully saturated rings. The summed E-state index contributed by atoms with van der Waals surface area (Å²) in [7, 11) is 9.32. The Balaban J connectivity index is 2.00. The van der Waals surface area contributed by atoms with Gasteiger partial charge in [0.2, 0.25) is 11.9 Å². The Bertz CT molecular complexity index is 1180. The molecule has 0 atom stereocenters. The Kier molecular flexibility index (Phi) is 7.85. The molecule has 0 bridgehead atoms. The number of ether oxygens (including phenoxy) is 1. The van der Waals surface area contributed by atoms with E-state index in [2.05, 4.69) is 32.1 Å². The SMILES string of the molecule is C=CC(=O)Nc1cc(Nc2ncc(F)c(-c3ccn(C)c3)n2)c(OC)cc1N(C)CCN(C)C. The molecule has 1 amide bonds. The summed E-state index contributed by atoms with van der Waals surface area (Å²) in [6.07, 6.45) is 5.91. The number of aromatic nitrogens is 3. The summed E-state index contributed by atoms with van der Waals surface area (Å²) >= 11 is 0. The molecule has 0 saturated heterocycles. The predicted molar refractivity (Wildman–Crippen MR) is 133 cm³/mol. The number of nitrogens with zero attached hydrogens (tertiary/aromatic N) is 5. The van der Waals surface area contributed by atoms with Crippen LogP contribution < -0.4 is 20.3 Å². The van der Waals surface area contributed by atoms with Gasteiger partial charge in [0, 0.05) is 51.2 Å². The molecule has 34 heavy (non-hydrogen) atoms. The molecular formula is C24H30FN7O2. The van der Waals surface area contributed by atoms with Crippen molar-refractivity contribution >= 4 is 28.9 Å². The van der Waals surface area contributed by atoms with E-state index in [1.165, 1.54) is 6.08 Å². The first-order chi connectivity index (χ1) is 16.2. The zero-order chi connectivity index (χ0) is 24.8. The number of methoxy groups -OCH3 is 1. The number of carbonyl (C=O) groups excluding carboxylic acids is 1. The maximum absolute atomic E-state index is 14.4. The van der Waals surface area contributed by atoms with Crippen LogP contribution in [-0.2, 0) is 11.8 Å². The summed E-state index contributed by atoms with van der Waals surface area (Å²) in [5, 5.41) is 5.94. The summed E-state index contributed by atoms with van der Waals surface area (Å²) in [5.74, 6) is -0.172. The van der Waals surface area contributed by atoms with Crippen molar-refractivity contribution in [2.24, 2.45) is 7.05 Å². The van der Waals surface area contributed by atoms with Crippen LogP contribution in [0.3, 0.4) is 0 Å². The molecule has 1 aromatic carbocycles. The number of halogens is 1. The third-order valence-corrected chi connectivity index (χ3v) is 5.15. The summed E-state index contributed by atoms with van der Waals surface area (Å²) in [5.41, 5.74) is 2.65. The molecule has 180 valence electrons. The summed E-state index contributed by atoms with van der Waals surface area (Å²) in [4.78, 5) is 24.6. The molecule has 10 heteroatoms. The van der Waals surface area contributed by atoms with Gasteiger partial charge >= 0.3 is 0 Å². The second-order valence-corrected chi connectivity index (χ2v) is 8.07. The lowest BCUT2D eigenvalue weighted by Gasteiger charge is -2.26. The molecule has 3 rings (SSSR count). The second kappa shape index (κ2) is 10.8. The van der Waals surface area contributed by atoms with Gasteiger partial charge in [0.05, 0.1) is 30.4 Å². The Morgan fingerprint density at radius 1 is 1.26 bits per heavy atom. The van der Waals surface area contributed by atoms with Gasteiger partial charge in [-0.05, 0) is 32.3 Å². The molecule has 2 N–H and O–H groups in total. The summed E-state index contributed by atoms with van der Waals surface area (Å²) in [6, 6.07) is 5.33. The molecule has 2 heterocycles. The second-order valence-electron chi connectivity index (χ2n) is 8.07. The van der Waals surface area contributed by atoms with E-state index >= 15 is 0 Å². The number of hydrogen-bond donors (Lipinski definition) is 2. The molecular weight excluding hydrogens is 437 g/mol. The lowest BCUT2D eigenvalue weighted by atomic mass is 10.2. The van der Waals surface area contributed by atoms with Gasteiger partial charge in [-0.25, -0.2) is 14.4 Å². The van der Waals surface area contributed by atoms with Crippen LogP contribution in [0.4, 0.5) is 27.4 Å². The average molecular weight is 468 g/mol. The molecule has 3 aromatic rings. The first kappa shape index (κ1) is 24.7. The normalized spacial score (nSPS) is 10.8. The zero-order valence-corrected chi connectivity index (χ0v) is 20.1. The van der Waals surface area contributed by atoms with E-state index in [1.807, 2.05) is 49.9 Å². The van der Waals surface area contributed by atoms with E-state index in [0.29, 0.717) is 22.7 Å². The van der Waals surface area contributed by atoms with Crippen LogP contribution in [0.5, 0.6) is 5.75 Å². The minimum atomic E-state index is -0.527. The number of aryl methyl sites for hydroxylation is 1. The smallest absolute Gasteiger partial charge is 0.247 e. The first-order valence-electron chi connectivity index (χ1n) is 10.6. The number of hydrogen-bond acceptors (Lipinski definition) is 7. The van der Waals surface area contributed by atoms with Crippen LogP contribution in [-0.4, -0.2) is 66.7 Å². The minimum Gasteiger partial charge on any atom is -0.494 e. The highest BCUT2D eigenvalue weighted by Gasteiger charge is 2.17. The number of carbonyl (C=O) groups is 1. The van der Waals surface area contributed by atoms with Crippen LogP contribution in [0.2, 0.25) is 0 Å². The molecule has 0 aliphatic carbocycles. The Labute approximate surface area is 198 Å². The fraction of sp³-hybridized carbons (Fsp3) is 0.292. The van der Waals surface area contributed by atoms with Gasteiger partial charge in [-0.15, -0.1) is 0 Å². The van der Waals surface area contributed by atoms with Gasteiger partial charge in [-0.1, -0.05) is 6.58 Å². The first-order valence-corrected chi connectivity index (χ1v) is 10.6. The number of nitrogens with one attached hydrogen (secondary N) is 2. The molecule has 0 aliphatic heterocycles. The highest BCUT2D eigenvalue weighted by atomic mass is 19.1. The highest BCUT2D eigenvalue weighted by molar-refractivity contribution is 6.02. The average Bonchev–Trinajstić information content (AvgIpc) is 3.24. The molecule has 0 unspecified atom stereocenters. The predicted octanol–water partition coefficient (Wildman–Crippen LogP) is 3.50. The van der Waals surface area contributed by atoms with Gasteiger partial charge in [-0.2, -0.15) is 0 Å². The van der Waals surface area contributed by atoms with E-state index in [1.54, 1.807) is 25.4 Å². The molecule has 9 nitrogen and oxygen atoms in total. The molecule has 2 aromatic heterocycles. The van der Waals surface area contributed by atoms with Crippen molar-refractivity contribution < 1.29 is 13.9 Å². The Morgan fingerprint density at radius 3 is 2.65 bits per heavy atom. The fourth-order valence-electron chi connectivity index (χ4n) is 3.30. The van der Waals surface area contributed by atoms with E-state index in [0.717, 1.165) is 25.0 Å². The van der Waals surface area contributed by atoms with Crippen molar-refractivity contribution in [1.29, 1.82) is 0 Å². The van der Waals surface area contributed by atoms with Crippen LogP contribution in [0.15, 0.2) is 49.4 Å². The third kappa shape index (κ3) is 5.90. The number of benzene rings is 1. The van der Waals surface area contributed by atoms with E-state index in [-0.39, 0.29) is 17.5 Å². The van der Waals surface area contributed by atoms with Gasteiger partial charge in [-0.3, -0.25) is 4.79 Å². The Morgan fingerprint density at radius 2 is 2.03 bits per heavy atom. The van der Waals surface area contributed by atoms with Crippen molar-refractivity contribution in [1.82, 2.24) is 19.4 Å². The number of amides is 1. The number of likely N-dealkylation sites (N-methyl/N-ethyl adjacent to an activating group) is 2. The van der Waals surface area contributed by atoms with E-state index < -0.39 is 5.82 Å². The zero-order valence-electron chi connectivity index (χ0n) is 20.1. The Hall–Kier alpha value is -3.92. The van der Waals surface area contributed by atoms with Crippen LogP contribution in [0.25, 0.3) is 11.3 Å². The van der Waals surface area contributed by atoms with Crippen LogP contribution >= 0.6 is 0 Å². The standard InChI is InChI=1S/C24H30FN7O2/c1-7-22(33)27-18-12-19(21(34-6)13-20(18)32(5)11-10-30(2)3)28-24-26-14-17(25)23(29-24)16-8-9-31(4)15-16/h7-9,12-15H,1,10-11H2,2-6H3,(H,27,33)(H,26,28,29). The maximum Gasteiger partial charge on any atom is 0.247 e. The topological polar surface area (TPSA) is 87.5 Å². The molecule has 0 aliphatic rings. The number of rotatable bonds is 10. The lowest BCUT2D eigenvalue weighted by Crippen LogP contribution is -2.29. The summed E-state index contributed by atoms with van der Waals surface area (Å²) < 4.78 is 21.8. The van der Waals surface area contributed by atoms with Crippen LogP contribution in [0.1, 0.15) is 0 Å². The number of anilines is 4. The molecule has 0 spiro atoms. The van der Waals surface area contributed by atoms with Gasteiger partial charge in [0.1, 0.15) is 11.4 Å². The van der Waals surface area contributed by atoms with Gasteiger partial charge in [0.15, 0.2) is 5.82 Å². The van der Waals surface area contributed by atoms with Gasteiger partial charge < -0.3 is 29.7 Å². The van der Waals surface area contributed by atoms with Crippen molar-refractivity contribution in [3.05, 3.63) is 55.3 Å². The quantitative estimate of drug-likeness (QED) is 0.441. The molecule has 0 saturated carbocycles. The minimum absolute atomic E-state index is 0.178. The maximum atomic E-state index is 14.4. The highest BCUT2D eigenvalue weighted by Crippen LogP contribution is 2.38. The van der Waals surface area contributed by atoms with E-state index in [9.17, 15) is 9.18 Å². The fourth-order valence-corrected chi connectivity index (χ4v) is 3.30. The van der Waals surface area contributed by atoms with E-state index in [4.69, 9.17) is 4.74 Å². The monoisotopic (exact) mass is 467 g/mol. The van der Waals surface area contributed by atoms with Crippen molar-refractivity contribution in [3.8, 4) is 17.0 Å². The van der Waals surface area contributed by atoms with Crippen molar-refractivity contribution in [3.63, 3.8) is 0 Å². The van der Waals surface area contributed by atoms with Gasteiger partial charge in [0.25, 0.3) is 0 Å². The van der Waals surface area contributed by atoms with Crippen molar-refractivity contribution in [2.45, 2.75) is 0 Å². The van der Waals surface area contributed by atoms with Crippen LogP contribution in [0, 0.1) is 5.82 Å². The molecule has 0 radical (unpaired) electrons. The lowest BCUT2D eigenvalue weighted by molar-refractivity contribution is -0.111. The summed E-state index contributed by atoms with van der Waals surface area (Å²) in [6.45, 7) is 5.08.